The van der Waals surface area contributed by atoms with Gasteiger partial charge in [0.1, 0.15) is 11.9 Å². The summed E-state index contributed by atoms with van der Waals surface area (Å²) >= 11 is 1.54. The van der Waals surface area contributed by atoms with Crippen molar-refractivity contribution in [2.45, 2.75) is 19.1 Å². The molecule has 1 aliphatic rings. The van der Waals surface area contributed by atoms with E-state index in [1.807, 2.05) is 24.3 Å². The summed E-state index contributed by atoms with van der Waals surface area (Å²) < 4.78 is 5.86. The van der Waals surface area contributed by atoms with Crippen LogP contribution in [-0.4, -0.2) is 18.6 Å². The zero-order valence-corrected chi connectivity index (χ0v) is 11.8. The fourth-order valence-electron chi connectivity index (χ4n) is 2.33. The number of carbonyl (C=O) groups excluding carboxylic acids is 1. The maximum absolute atomic E-state index is 11.0. The number of hydrogen-bond donors (Lipinski definition) is 2. The first kappa shape index (κ1) is 13.1. The lowest BCUT2D eigenvalue weighted by atomic mass is 10.1. The molecule has 0 spiro atoms. The number of benzene rings is 1. The fraction of sp³-hybridized carbons (Fsp3) is 0.267. The molecule has 0 saturated carbocycles. The number of primary amides is 1. The van der Waals surface area contributed by atoms with Crippen molar-refractivity contribution in [3.05, 3.63) is 51.7 Å². The summed E-state index contributed by atoms with van der Waals surface area (Å²) in [5, 5.41) is 5.16. The maximum Gasteiger partial charge on any atom is 0.249 e. The standard InChI is InChI=1S/C15H16N2O2S/c16-15(18)11-6-13(20-9-11)8-17-7-12-5-10-3-1-2-4-14(10)19-12/h1-4,6,9,12,17H,5,7-8H2,(H2,16,18). The maximum atomic E-state index is 11.0. The summed E-state index contributed by atoms with van der Waals surface area (Å²) in [4.78, 5) is 12.1. The number of para-hydroxylation sites is 1. The van der Waals surface area contributed by atoms with Crippen molar-refractivity contribution in [3.63, 3.8) is 0 Å². The molecule has 3 N–H and O–H groups in total. The average Bonchev–Trinajstić information content (AvgIpc) is 3.04. The molecule has 1 aromatic heterocycles. The highest BCUT2D eigenvalue weighted by Crippen LogP contribution is 2.27. The van der Waals surface area contributed by atoms with Gasteiger partial charge in [0, 0.05) is 29.8 Å². The number of ether oxygens (including phenoxy) is 1. The van der Waals surface area contributed by atoms with Gasteiger partial charge in [0.2, 0.25) is 5.91 Å². The molecule has 104 valence electrons. The second-order valence-electron chi connectivity index (χ2n) is 4.85. The molecule has 0 bridgehead atoms. The first-order valence-electron chi connectivity index (χ1n) is 6.55. The van der Waals surface area contributed by atoms with Crippen LogP contribution in [0.25, 0.3) is 0 Å². The zero-order chi connectivity index (χ0) is 13.9. The third-order valence-corrected chi connectivity index (χ3v) is 4.26. The Morgan fingerprint density at radius 1 is 1.45 bits per heavy atom. The van der Waals surface area contributed by atoms with Crippen LogP contribution in [0.15, 0.2) is 35.7 Å². The number of amides is 1. The molecule has 1 atom stereocenters. The molecule has 0 fully saturated rings. The Morgan fingerprint density at radius 3 is 3.05 bits per heavy atom. The largest absolute Gasteiger partial charge is 0.488 e. The van der Waals surface area contributed by atoms with Crippen molar-refractivity contribution < 1.29 is 9.53 Å². The molecule has 2 heterocycles. The summed E-state index contributed by atoms with van der Waals surface area (Å²) in [6, 6.07) is 9.98. The summed E-state index contributed by atoms with van der Waals surface area (Å²) in [6.07, 6.45) is 1.13. The molecule has 1 unspecified atom stereocenters. The van der Waals surface area contributed by atoms with E-state index in [1.165, 1.54) is 5.56 Å². The summed E-state index contributed by atoms with van der Waals surface area (Å²) in [5.41, 5.74) is 7.08. The van der Waals surface area contributed by atoms with Crippen LogP contribution in [0, 0.1) is 0 Å². The smallest absolute Gasteiger partial charge is 0.249 e. The minimum atomic E-state index is -0.373. The summed E-state index contributed by atoms with van der Waals surface area (Å²) in [6.45, 7) is 1.52. The quantitative estimate of drug-likeness (QED) is 0.883. The number of nitrogens with one attached hydrogen (secondary N) is 1. The van der Waals surface area contributed by atoms with Gasteiger partial charge in [-0.05, 0) is 17.7 Å². The van der Waals surface area contributed by atoms with Crippen molar-refractivity contribution >= 4 is 17.2 Å². The number of nitrogens with two attached hydrogens (primary N) is 1. The Labute approximate surface area is 121 Å². The molecular weight excluding hydrogens is 272 g/mol. The van der Waals surface area contributed by atoms with Crippen molar-refractivity contribution in [2.24, 2.45) is 5.73 Å². The normalized spacial score (nSPS) is 16.7. The van der Waals surface area contributed by atoms with E-state index in [2.05, 4.69) is 11.4 Å². The first-order chi connectivity index (χ1) is 9.72. The van der Waals surface area contributed by atoms with Gasteiger partial charge < -0.3 is 15.8 Å². The summed E-state index contributed by atoms with van der Waals surface area (Å²) in [5.74, 6) is 0.619. The molecule has 1 aliphatic heterocycles. The van der Waals surface area contributed by atoms with Gasteiger partial charge >= 0.3 is 0 Å². The Balaban J connectivity index is 1.48. The Kier molecular flexibility index (Phi) is 3.71. The van der Waals surface area contributed by atoms with Gasteiger partial charge in [-0.25, -0.2) is 0 Å². The first-order valence-corrected chi connectivity index (χ1v) is 7.43. The van der Waals surface area contributed by atoms with E-state index in [-0.39, 0.29) is 12.0 Å². The fourth-order valence-corrected chi connectivity index (χ4v) is 3.17. The van der Waals surface area contributed by atoms with Crippen LogP contribution in [0.3, 0.4) is 0 Å². The number of thiophene rings is 1. The lowest BCUT2D eigenvalue weighted by Crippen LogP contribution is -2.29. The highest BCUT2D eigenvalue weighted by Gasteiger charge is 2.21. The van der Waals surface area contributed by atoms with Crippen LogP contribution in [0.2, 0.25) is 0 Å². The molecule has 20 heavy (non-hydrogen) atoms. The van der Waals surface area contributed by atoms with Crippen LogP contribution < -0.4 is 15.8 Å². The van der Waals surface area contributed by atoms with Gasteiger partial charge in [0.05, 0.1) is 5.56 Å². The van der Waals surface area contributed by atoms with Crippen molar-refractivity contribution in [1.82, 2.24) is 5.32 Å². The van der Waals surface area contributed by atoms with Gasteiger partial charge in [-0.3, -0.25) is 4.79 Å². The lowest BCUT2D eigenvalue weighted by Gasteiger charge is -2.11. The van der Waals surface area contributed by atoms with E-state index < -0.39 is 0 Å². The zero-order valence-electron chi connectivity index (χ0n) is 11.0. The van der Waals surface area contributed by atoms with Gasteiger partial charge in [-0.15, -0.1) is 11.3 Å². The monoisotopic (exact) mass is 288 g/mol. The highest BCUT2D eigenvalue weighted by molar-refractivity contribution is 7.10. The number of hydrogen-bond acceptors (Lipinski definition) is 4. The van der Waals surface area contributed by atoms with E-state index in [0.29, 0.717) is 5.56 Å². The second kappa shape index (κ2) is 5.64. The van der Waals surface area contributed by atoms with Crippen LogP contribution in [0.1, 0.15) is 20.8 Å². The second-order valence-corrected chi connectivity index (χ2v) is 5.84. The Morgan fingerprint density at radius 2 is 2.30 bits per heavy atom. The Bertz CT molecular complexity index is 599. The predicted molar refractivity (Wildman–Crippen MR) is 79.1 cm³/mol. The van der Waals surface area contributed by atoms with E-state index in [1.54, 1.807) is 16.7 Å². The average molecular weight is 288 g/mol. The Hall–Kier alpha value is -1.85. The summed E-state index contributed by atoms with van der Waals surface area (Å²) in [7, 11) is 0. The van der Waals surface area contributed by atoms with Gasteiger partial charge in [0.25, 0.3) is 0 Å². The molecule has 0 radical (unpaired) electrons. The van der Waals surface area contributed by atoms with Crippen LogP contribution >= 0.6 is 11.3 Å². The van der Waals surface area contributed by atoms with Gasteiger partial charge in [-0.1, -0.05) is 18.2 Å². The van der Waals surface area contributed by atoms with Crippen LogP contribution in [0.5, 0.6) is 5.75 Å². The number of fused-ring (bicyclic) bond motifs is 1. The number of carbonyl (C=O) groups is 1. The van der Waals surface area contributed by atoms with Crippen LogP contribution in [-0.2, 0) is 13.0 Å². The van der Waals surface area contributed by atoms with Crippen molar-refractivity contribution in [3.8, 4) is 5.75 Å². The third-order valence-electron chi connectivity index (χ3n) is 3.32. The third kappa shape index (κ3) is 2.84. The lowest BCUT2D eigenvalue weighted by molar-refractivity contribution is 0.100. The minimum absolute atomic E-state index is 0.183. The molecule has 1 amide bonds. The van der Waals surface area contributed by atoms with E-state index >= 15 is 0 Å². The van der Waals surface area contributed by atoms with Crippen molar-refractivity contribution in [2.75, 3.05) is 6.54 Å². The van der Waals surface area contributed by atoms with E-state index in [9.17, 15) is 4.79 Å². The molecule has 3 rings (SSSR count). The predicted octanol–water partition coefficient (Wildman–Crippen LogP) is 1.94. The molecule has 2 aromatic rings. The molecule has 0 saturated heterocycles. The highest BCUT2D eigenvalue weighted by atomic mass is 32.1. The topological polar surface area (TPSA) is 64.4 Å². The SMILES string of the molecule is NC(=O)c1csc(CNCC2Cc3ccccc3O2)c1. The molecule has 5 heteroatoms. The van der Waals surface area contributed by atoms with E-state index in [0.717, 1.165) is 30.1 Å². The van der Waals surface area contributed by atoms with Gasteiger partial charge in [-0.2, -0.15) is 0 Å². The van der Waals surface area contributed by atoms with Crippen molar-refractivity contribution in [1.29, 1.82) is 0 Å². The molecule has 1 aromatic carbocycles. The molecule has 0 aliphatic carbocycles. The minimum Gasteiger partial charge on any atom is -0.488 e. The van der Waals surface area contributed by atoms with E-state index in [4.69, 9.17) is 10.5 Å². The molecule has 4 nitrogen and oxygen atoms in total. The van der Waals surface area contributed by atoms with Crippen LogP contribution in [0.4, 0.5) is 0 Å². The van der Waals surface area contributed by atoms with Gasteiger partial charge in [0.15, 0.2) is 0 Å². The number of rotatable bonds is 5. The molecular formula is C15H16N2O2S.